The van der Waals surface area contributed by atoms with Gasteiger partial charge in [-0.05, 0) is 61.0 Å². The highest BCUT2D eigenvalue weighted by molar-refractivity contribution is 7.92. The minimum atomic E-state index is -3.82. The minimum Gasteiger partial charge on any atom is -0.348 e. The first-order valence-electron chi connectivity index (χ1n) is 8.67. The highest BCUT2D eigenvalue weighted by atomic mass is 32.2. The molecule has 0 aliphatic carbocycles. The van der Waals surface area contributed by atoms with E-state index >= 15 is 0 Å². The van der Waals surface area contributed by atoms with Crippen LogP contribution in [0.3, 0.4) is 0 Å². The van der Waals surface area contributed by atoms with Gasteiger partial charge >= 0.3 is 0 Å². The standard InChI is InChI=1S/C21H18F2N2O3S/c1-14-4-2-3-5-20(14)25-29(27,28)18-9-6-15(7-10-18)21(26)24-13-16-12-17(22)8-11-19(16)23/h2-12,25H,13H2,1H3,(H,24,26). The first-order valence-corrected chi connectivity index (χ1v) is 10.2. The van der Waals surface area contributed by atoms with Gasteiger partial charge in [-0.25, -0.2) is 17.2 Å². The van der Waals surface area contributed by atoms with Crippen molar-refractivity contribution in [2.75, 3.05) is 4.72 Å². The van der Waals surface area contributed by atoms with Gasteiger partial charge in [-0.1, -0.05) is 18.2 Å². The van der Waals surface area contributed by atoms with Crippen LogP contribution in [-0.4, -0.2) is 14.3 Å². The van der Waals surface area contributed by atoms with E-state index in [9.17, 15) is 22.0 Å². The fourth-order valence-electron chi connectivity index (χ4n) is 2.63. The van der Waals surface area contributed by atoms with Crippen LogP contribution < -0.4 is 10.0 Å². The van der Waals surface area contributed by atoms with Crippen LogP contribution in [0.4, 0.5) is 14.5 Å². The van der Waals surface area contributed by atoms with Crippen LogP contribution in [0.25, 0.3) is 0 Å². The quantitative estimate of drug-likeness (QED) is 0.638. The lowest BCUT2D eigenvalue weighted by Gasteiger charge is -2.11. The summed E-state index contributed by atoms with van der Waals surface area (Å²) in [7, 11) is -3.82. The van der Waals surface area contributed by atoms with Crippen molar-refractivity contribution in [2.45, 2.75) is 18.4 Å². The Bertz CT molecular complexity index is 1150. The van der Waals surface area contributed by atoms with Gasteiger partial charge in [0.1, 0.15) is 11.6 Å². The molecular formula is C21H18F2N2O3S. The predicted octanol–water partition coefficient (Wildman–Crippen LogP) is 4.00. The summed E-state index contributed by atoms with van der Waals surface area (Å²) < 4.78 is 54.4. The number of para-hydroxylation sites is 1. The van der Waals surface area contributed by atoms with Gasteiger partial charge < -0.3 is 5.32 Å². The first kappa shape index (κ1) is 20.5. The van der Waals surface area contributed by atoms with E-state index in [4.69, 9.17) is 0 Å². The third-order valence-corrected chi connectivity index (χ3v) is 5.64. The average Bonchev–Trinajstić information content (AvgIpc) is 2.70. The SMILES string of the molecule is Cc1ccccc1NS(=O)(=O)c1ccc(C(=O)NCc2cc(F)ccc2F)cc1. The number of carbonyl (C=O) groups excluding carboxylic acids is 1. The molecule has 5 nitrogen and oxygen atoms in total. The number of amides is 1. The Hall–Kier alpha value is -3.26. The molecule has 0 aromatic heterocycles. The zero-order valence-electron chi connectivity index (χ0n) is 15.4. The molecule has 29 heavy (non-hydrogen) atoms. The topological polar surface area (TPSA) is 75.3 Å². The van der Waals surface area contributed by atoms with Gasteiger partial charge in [-0.15, -0.1) is 0 Å². The molecule has 0 aliphatic heterocycles. The molecule has 0 radical (unpaired) electrons. The Kier molecular flexibility index (Phi) is 5.93. The minimum absolute atomic E-state index is 0.00604. The van der Waals surface area contributed by atoms with Gasteiger partial charge in [0, 0.05) is 17.7 Å². The van der Waals surface area contributed by atoms with Crippen molar-refractivity contribution < 1.29 is 22.0 Å². The fraction of sp³-hybridized carbons (Fsp3) is 0.0952. The van der Waals surface area contributed by atoms with Gasteiger partial charge in [-0.2, -0.15) is 0 Å². The molecule has 150 valence electrons. The van der Waals surface area contributed by atoms with Gasteiger partial charge in [-0.3, -0.25) is 9.52 Å². The van der Waals surface area contributed by atoms with Gasteiger partial charge in [0.25, 0.3) is 15.9 Å². The Morgan fingerprint density at radius 1 is 0.966 bits per heavy atom. The number of nitrogens with one attached hydrogen (secondary N) is 2. The molecule has 0 heterocycles. The largest absolute Gasteiger partial charge is 0.348 e. The third kappa shape index (κ3) is 4.97. The number of halogens is 2. The van der Waals surface area contributed by atoms with Crippen molar-refractivity contribution in [3.63, 3.8) is 0 Å². The number of anilines is 1. The second-order valence-corrected chi connectivity index (χ2v) is 8.05. The van der Waals surface area contributed by atoms with Crippen LogP contribution in [0.15, 0.2) is 71.6 Å². The van der Waals surface area contributed by atoms with Crippen LogP contribution in [0.5, 0.6) is 0 Å². The van der Waals surface area contributed by atoms with Crippen LogP contribution in [0.2, 0.25) is 0 Å². The average molecular weight is 416 g/mol. The summed E-state index contributed by atoms with van der Waals surface area (Å²) in [4.78, 5) is 12.2. The molecule has 2 N–H and O–H groups in total. The number of hydrogen-bond donors (Lipinski definition) is 2. The second kappa shape index (κ2) is 8.40. The molecule has 1 amide bonds. The summed E-state index contributed by atoms with van der Waals surface area (Å²) in [5.74, 6) is -1.77. The second-order valence-electron chi connectivity index (χ2n) is 6.36. The Morgan fingerprint density at radius 3 is 2.34 bits per heavy atom. The molecule has 3 rings (SSSR count). The van der Waals surface area contributed by atoms with E-state index in [1.54, 1.807) is 31.2 Å². The molecule has 8 heteroatoms. The summed E-state index contributed by atoms with van der Waals surface area (Å²) in [6.45, 7) is 1.59. The van der Waals surface area contributed by atoms with Crippen LogP contribution in [0, 0.1) is 18.6 Å². The van der Waals surface area contributed by atoms with Crippen LogP contribution >= 0.6 is 0 Å². The number of hydrogen-bond acceptors (Lipinski definition) is 3. The maximum Gasteiger partial charge on any atom is 0.261 e. The Labute approximate surface area is 167 Å². The van der Waals surface area contributed by atoms with Crippen LogP contribution in [-0.2, 0) is 16.6 Å². The molecule has 0 saturated heterocycles. The maximum absolute atomic E-state index is 13.6. The molecule has 0 fully saturated rings. The van der Waals surface area contributed by atoms with Crippen molar-refractivity contribution >= 4 is 21.6 Å². The molecule has 0 aliphatic rings. The fourth-order valence-corrected chi connectivity index (χ4v) is 3.76. The summed E-state index contributed by atoms with van der Waals surface area (Å²) in [5, 5.41) is 2.48. The smallest absolute Gasteiger partial charge is 0.261 e. The first-order chi connectivity index (χ1) is 13.8. The Morgan fingerprint density at radius 2 is 1.66 bits per heavy atom. The predicted molar refractivity (Wildman–Crippen MR) is 106 cm³/mol. The van der Waals surface area contributed by atoms with E-state index in [0.29, 0.717) is 5.69 Å². The normalized spacial score (nSPS) is 11.1. The molecule has 3 aromatic rings. The molecule has 0 unspecified atom stereocenters. The van der Waals surface area contributed by atoms with Crippen molar-refractivity contribution in [1.29, 1.82) is 0 Å². The van der Waals surface area contributed by atoms with Gasteiger partial charge in [0.05, 0.1) is 10.6 Å². The lowest BCUT2D eigenvalue weighted by atomic mass is 10.2. The number of aryl methyl sites for hydroxylation is 1. The summed E-state index contributed by atoms with van der Waals surface area (Å²) in [6.07, 6.45) is 0. The zero-order chi connectivity index (χ0) is 21.0. The number of carbonyl (C=O) groups is 1. The molecule has 0 bridgehead atoms. The maximum atomic E-state index is 13.6. The molecular weight excluding hydrogens is 398 g/mol. The van der Waals surface area contributed by atoms with E-state index in [2.05, 4.69) is 10.0 Å². The summed E-state index contributed by atoms with van der Waals surface area (Å²) in [6, 6.07) is 15.2. The van der Waals surface area contributed by atoms with Crippen molar-refractivity contribution in [3.8, 4) is 0 Å². The van der Waals surface area contributed by atoms with E-state index < -0.39 is 27.6 Å². The Balaban J connectivity index is 1.69. The van der Waals surface area contributed by atoms with E-state index in [0.717, 1.165) is 23.8 Å². The van der Waals surface area contributed by atoms with E-state index in [1.165, 1.54) is 24.3 Å². The van der Waals surface area contributed by atoms with Crippen molar-refractivity contribution in [3.05, 3.63) is 95.1 Å². The molecule has 0 atom stereocenters. The number of benzene rings is 3. The number of sulfonamides is 1. The van der Waals surface area contributed by atoms with Crippen molar-refractivity contribution in [2.24, 2.45) is 0 Å². The molecule has 0 saturated carbocycles. The number of rotatable bonds is 6. The van der Waals surface area contributed by atoms with E-state index in [-0.39, 0.29) is 22.6 Å². The van der Waals surface area contributed by atoms with Gasteiger partial charge in [0.15, 0.2) is 0 Å². The van der Waals surface area contributed by atoms with Gasteiger partial charge in [0.2, 0.25) is 0 Å². The summed E-state index contributed by atoms with van der Waals surface area (Å²) in [5.41, 5.74) is 1.44. The lowest BCUT2D eigenvalue weighted by Crippen LogP contribution is -2.23. The third-order valence-electron chi connectivity index (χ3n) is 4.26. The molecule has 0 spiro atoms. The van der Waals surface area contributed by atoms with Crippen LogP contribution in [0.1, 0.15) is 21.5 Å². The summed E-state index contributed by atoms with van der Waals surface area (Å²) >= 11 is 0. The van der Waals surface area contributed by atoms with E-state index in [1.807, 2.05) is 0 Å². The highest BCUT2D eigenvalue weighted by Crippen LogP contribution is 2.19. The zero-order valence-corrected chi connectivity index (χ0v) is 16.3. The lowest BCUT2D eigenvalue weighted by molar-refractivity contribution is 0.0950. The monoisotopic (exact) mass is 416 g/mol. The molecule has 3 aromatic carbocycles. The van der Waals surface area contributed by atoms with Crippen molar-refractivity contribution in [1.82, 2.24) is 5.32 Å². The highest BCUT2D eigenvalue weighted by Gasteiger charge is 2.16.